The molecule has 0 spiro atoms. The summed E-state index contributed by atoms with van der Waals surface area (Å²) in [6, 6.07) is 7.69. The van der Waals surface area contributed by atoms with Crippen LogP contribution in [0.3, 0.4) is 0 Å². The van der Waals surface area contributed by atoms with Gasteiger partial charge < -0.3 is 14.0 Å². The minimum Gasteiger partial charge on any atom is -0.478 e. The van der Waals surface area contributed by atoms with E-state index in [4.69, 9.17) is 9.47 Å². The SMILES string of the molecule is CCOC(=O)C(CC)Oc1ccccc1Cn1ccnc1. The summed E-state index contributed by atoms with van der Waals surface area (Å²) in [4.78, 5) is 15.9. The number of carbonyl (C=O) groups excluding carboxylic acids is 1. The third-order valence-electron chi connectivity index (χ3n) is 3.07. The molecule has 21 heavy (non-hydrogen) atoms. The molecule has 112 valence electrons. The molecule has 2 rings (SSSR count). The van der Waals surface area contributed by atoms with E-state index in [9.17, 15) is 4.79 Å². The minimum atomic E-state index is -0.575. The Morgan fingerprint density at radius 3 is 2.81 bits per heavy atom. The number of para-hydroxylation sites is 1. The quantitative estimate of drug-likeness (QED) is 0.735. The molecule has 1 atom stereocenters. The van der Waals surface area contributed by atoms with E-state index >= 15 is 0 Å². The molecule has 2 aromatic rings. The fraction of sp³-hybridized carbons (Fsp3) is 0.375. The summed E-state index contributed by atoms with van der Waals surface area (Å²) < 4.78 is 12.8. The van der Waals surface area contributed by atoms with Crippen molar-refractivity contribution >= 4 is 5.97 Å². The molecule has 1 heterocycles. The Balaban J connectivity index is 2.13. The number of benzene rings is 1. The molecular formula is C16H20N2O3. The number of hydrogen-bond donors (Lipinski definition) is 0. The molecule has 1 unspecified atom stereocenters. The average Bonchev–Trinajstić information content (AvgIpc) is 2.99. The van der Waals surface area contributed by atoms with Crippen molar-refractivity contribution < 1.29 is 14.3 Å². The van der Waals surface area contributed by atoms with Gasteiger partial charge in [-0.2, -0.15) is 0 Å². The molecule has 0 fully saturated rings. The van der Waals surface area contributed by atoms with Gasteiger partial charge >= 0.3 is 5.97 Å². The molecule has 0 saturated carbocycles. The third kappa shape index (κ3) is 4.08. The molecule has 0 N–H and O–H groups in total. The predicted octanol–water partition coefficient (Wildman–Crippen LogP) is 2.65. The standard InChI is InChI=1S/C16H20N2O3/c1-3-14(16(19)20-4-2)21-15-8-6-5-7-13(15)11-18-10-9-17-12-18/h5-10,12,14H,3-4,11H2,1-2H3. The molecular weight excluding hydrogens is 268 g/mol. The lowest BCUT2D eigenvalue weighted by Crippen LogP contribution is -2.29. The van der Waals surface area contributed by atoms with Crippen LogP contribution in [0.2, 0.25) is 0 Å². The van der Waals surface area contributed by atoms with E-state index in [2.05, 4.69) is 4.98 Å². The lowest BCUT2D eigenvalue weighted by molar-refractivity contribution is -0.151. The first kappa shape index (κ1) is 15.1. The molecule has 5 nitrogen and oxygen atoms in total. The third-order valence-corrected chi connectivity index (χ3v) is 3.07. The number of esters is 1. The fourth-order valence-electron chi connectivity index (χ4n) is 2.01. The van der Waals surface area contributed by atoms with Crippen molar-refractivity contribution in [3.63, 3.8) is 0 Å². The Morgan fingerprint density at radius 2 is 2.14 bits per heavy atom. The Morgan fingerprint density at radius 1 is 1.33 bits per heavy atom. The van der Waals surface area contributed by atoms with Gasteiger partial charge in [0.25, 0.3) is 0 Å². The normalized spacial score (nSPS) is 11.9. The average molecular weight is 288 g/mol. The van der Waals surface area contributed by atoms with E-state index in [1.807, 2.05) is 42.0 Å². The molecule has 0 amide bonds. The minimum absolute atomic E-state index is 0.322. The van der Waals surface area contributed by atoms with Gasteiger partial charge in [-0.15, -0.1) is 0 Å². The Kier molecular flexibility index (Phi) is 5.37. The van der Waals surface area contributed by atoms with Crippen LogP contribution in [0.5, 0.6) is 5.75 Å². The summed E-state index contributed by atoms with van der Waals surface area (Å²) in [5.41, 5.74) is 0.998. The second-order valence-electron chi connectivity index (χ2n) is 4.61. The van der Waals surface area contributed by atoms with Crippen molar-refractivity contribution in [3.05, 3.63) is 48.5 Å². The van der Waals surface area contributed by atoms with Crippen LogP contribution in [0.15, 0.2) is 43.0 Å². The maximum atomic E-state index is 11.8. The second kappa shape index (κ2) is 7.47. The van der Waals surface area contributed by atoms with E-state index < -0.39 is 6.10 Å². The van der Waals surface area contributed by atoms with Crippen LogP contribution in [0.1, 0.15) is 25.8 Å². The number of carbonyl (C=O) groups is 1. The van der Waals surface area contributed by atoms with Crippen molar-refractivity contribution in [2.75, 3.05) is 6.61 Å². The van der Waals surface area contributed by atoms with Crippen molar-refractivity contribution in [2.24, 2.45) is 0 Å². The summed E-state index contributed by atoms with van der Waals surface area (Å²) in [6.07, 6.45) is 5.36. The molecule has 1 aromatic heterocycles. The lowest BCUT2D eigenvalue weighted by atomic mass is 10.2. The largest absolute Gasteiger partial charge is 0.478 e. The van der Waals surface area contributed by atoms with Crippen molar-refractivity contribution in [3.8, 4) is 5.75 Å². The van der Waals surface area contributed by atoms with E-state index in [1.54, 1.807) is 19.4 Å². The van der Waals surface area contributed by atoms with Crippen molar-refractivity contribution in [1.82, 2.24) is 9.55 Å². The molecule has 0 saturated heterocycles. The highest BCUT2D eigenvalue weighted by atomic mass is 16.6. The lowest BCUT2D eigenvalue weighted by Gasteiger charge is -2.18. The van der Waals surface area contributed by atoms with Gasteiger partial charge in [-0.3, -0.25) is 0 Å². The van der Waals surface area contributed by atoms with Crippen LogP contribution in [0.4, 0.5) is 0 Å². The van der Waals surface area contributed by atoms with Crippen LogP contribution in [0.25, 0.3) is 0 Å². The Labute approximate surface area is 124 Å². The molecule has 0 bridgehead atoms. The number of imidazole rings is 1. The summed E-state index contributed by atoms with van der Waals surface area (Å²) >= 11 is 0. The first-order valence-electron chi connectivity index (χ1n) is 7.11. The first-order chi connectivity index (χ1) is 10.2. The van der Waals surface area contributed by atoms with Gasteiger partial charge in [0.15, 0.2) is 6.10 Å². The van der Waals surface area contributed by atoms with E-state index in [0.717, 1.165) is 5.56 Å². The van der Waals surface area contributed by atoms with E-state index in [1.165, 1.54) is 0 Å². The van der Waals surface area contributed by atoms with Crippen LogP contribution >= 0.6 is 0 Å². The summed E-state index contributed by atoms with van der Waals surface area (Å²) in [5, 5.41) is 0. The zero-order chi connectivity index (χ0) is 15.1. The maximum Gasteiger partial charge on any atom is 0.347 e. The van der Waals surface area contributed by atoms with Gasteiger partial charge in [0.2, 0.25) is 0 Å². The summed E-state index contributed by atoms with van der Waals surface area (Å²) in [7, 11) is 0. The monoisotopic (exact) mass is 288 g/mol. The molecule has 0 aliphatic carbocycles. The second-order valence-corrected chi connectivity index (χ2v) is 4.61. The van der Waals surface area contributed by atoms with Gasteiger partial charge in [0.1, 0.15) is 5.75 Å². The zero-order valence-electron chi connectivity index (χ0n) is 12.4. The van der Waals surface area contributed by atoms with E-state index in [-0.39, 0.29) is 5.97 Å². The van der Waals surface area contributed by atoms with Crippen LogP contribution in [-0.4, -0.2) is 28.2 Å². The highest BCUT2D eigenvalue weighted by Crippen LogP contribution is 2.21. The maximum absolute atomic E-state index is 11.8. The van der Waals surface area contributed by atoms with E-state index in [0.29, 0.717) is 25.3 Å². The van der Waals surface area contributed by atoms with Crippen molar-refractivity contribution in [2.45, 2.75) is 32.9 Å². The van der Waals surface area contributed by atoms with Gasteiger partial charge in [-0.1, -0.05) is 25.1 Å². The highest BCUT2D eigenvalue weighted by molar-refractivity contribution is 5.75. The Bertz CT molecular complexity index is 567. The number of ether oxygens (including phenoxy) is 2. The number of nitrogens with zero attached hydrogens (tertiary/aromatic N) is 2. The van der Waals surface area contributed by atoms with Crippen LogP contribution in [-0.2, 0) is 16.1 Å². The summed E-state index contributed by atoms with van der Waals surface area (Å²) in [5.74, 6) is 0.378. The molecule has 5 heteroatoms. The molecule has 0 aliphatic heterocycles. The smallest absolute Gasteiger partial charge is 0.347 e. The fourth-order valence-corrected chi connectivity index (χ4v) is 2.01. The molecule has 1 aromatic carbocycles. The summed E-state index contributed by atoms with van der Waals surface area (Å²) in [6.45, 7) is 4.70. The van der Waals surface area contributed by atoms with Gasteiger partial charge in [-0.05, 0) is 19.4 Å². The molecule has 0 radical (unpaired) electrons. The number of hydrogen-bond acceptors (Lipinski definition) is 4. The Hall–Kier alpha value is -2.30. The topological polar surface area (TPSA) is 53.4 Å². The van der Waals surface area contributed by atoms with Gasteiger partial charge in [0.05, 0.1) is 19.5 Å². The first-order valence-corrected chi connectivity index (χ1v) is 7.11. The number of rotatable bonds is 7. The van der Waals surface area contributed by atoms with Gasteiger partial charge in [0, 0.05) is 18.0 Å². The zero-order valence-corrected chi connectivity index (χ0v) is 12.4. The van der Waals surface area contributed by atoms with Gasteiger partial charge in [-0.25, -0.2) is 9.78 Å². The predicted molar refractivity (Wildman–Crippen MR) is 79.1 cm³/mol. The number of aromatic nitrogens is 2. The highest BCUT2D eigenvalue weighted by Gasteiger charge is 2.20. The van der Waals surface area contributed by atoms with Crippen LogP contribution < -0.4 is 4.74 Å². The van der Waals surface area contributed by atoms with Crippen LogP contribution in [0, 0.1) is 0 Å². The molecule has 0 aliphatic rings. The van der Waals surface area contributed by atoms with Crippen molar-refractivity contribution in [1.29, 1.82) is 0 Å².